The third-order valence-corrected chi connectivity index (χ3v) is 3.17. The van der Waals surface area contributed by atoms with Gasteiger partial charge in [-0.05, 0) is 44.8 Å². The second-order valence-corrected chi connectivity index (χ2v) is 4.88. The standard InChI is InChI=1S/C12H23F3N2/c1-2-7-17(8-5-12(13,14)15)10-11-4-3-6-16-9-11/h11,16H,2-10H2,1H3. The maximum atomic E-state index is 12.2. The molecule has 2 nitrogen and oxygen atoms in total. The maximum Gasteiger partial charge on any atom is 0.390 e. The van der Waals surface area contributed by atoms with E-state index < -0.39 is 12.6 Å². The molecule has 1 saturated heterocycles. The predicted molar refractivity (Wildman–Crippen MR) is 63.0 cm³/mol. The number of rotatable bonds is 6. The van der Waals surface area contributed by atoms with Gasteiger partial charge in [0.05, 0.1) is 6.42 Å². The summed E-state index contributed by atoms with van der Waals surface area (Å²) in [7, 11) is 0. The van der Waals surface area contributed by atoms with Crippen molar-refractivity contribution in [1.82, 2.24) is 10.2 Å². The van der Waals surface area contributed by atoms with Crippen molar-refractivity contribution in [1.29, 1.82) is 0 Å². The number of nitrogens with one attached hydrogen (secondary N) is 1. The molecular formula is C12H23F3N2. The second kappa shape index (κ2) is 7.21. The lowest BCUT2D eigenvalue weighted by Crippen LogP contribution is -2.39. The Bertz CT molecular complexity index is 200. The first-order valence-corrected chi connectivity index (χ1v) is 6.51. The topological polar surface area (TPSA) is 15.3 Å². The lowest BCUT2D eigenvalue weighted by molar-refractivity contribution is -0.138. The van der Waals surface area contributed by atoms with Gasteiger partial charge in [-0.1, -0.05) is 6.92 Å². The molecule has 1 fully saturated rings. The lowest BCUT2D eigenvalue weighted by atomic mass is 9.99. The average Bonchev–Trinajstić information content (AvgIpc) is 2.27. The molecule has 5 heteroatoms. The van der Waals surface area contributed by atoms with Gasteiger partial charge in [-0.15, -0.1) is 0 Å². The Kier molecular flexibility index (Phi) is 6.27. The third-order valence-electron chi connectivity index (χ3n) is 3.17. The van der Waals surface area contributed by atoms with E-state index in [0.29, 0.717) is 5.92 Å². The van der Waals surface area contributed by atoms with Crippen molar-refractivity contribution in [3.8, 4) is 0 Å². The maximum absolute atomic E-state index is 12.2. The van der Waals surface area contributed by atoms with Gasteiger partial charge in [0.25, 0.3) is 0 Å². The van der Waals surface area contributed by atoms with E-state index in [2.05, 4.69) is 5.32 Å². The summed E-state index contributed by atoms with van der Waals surface area (Å²) in [5, 5.41) is 3.31. The minimum atomic E-state index is -4.03. The second-order valence-electron chi connectivity index (χ2n) is 4.88. The van der Waals surface area contributed by atoms with Crippen molar-refractivity contribution in [2.24, 2.45) is 5.92 Å². The van der Waals surface area contributed by atoms with Crippen LogP contribution in [0.3, 0.4) is 0 Å². The highest BCUT2D eigenvalue weighted by atomic mass is 19.4. The minimum absolute atomic E-state index is 0.147. The Hall–Kier alpha value is -0.290. The summed E-state index contributed by atoms with van der Waals surface area (Å²) in [6, 6.07) is 0. The first kappa shape index (κ1) is 14.8. The molecule has 0 saturated carbocycles. The number of nitrogens with zero attached hydrogens (tertiary/aromatic N) is 1. The van der Waals surface area contributed by atoms with Gasteiger partial charge in [0.1, 0.15) is 0 Å². The van der Waals surface area contributed by atoms with Gasteiger partial charge in [-0.3, -0.25) is 0 Å². The van der Waals surface area contributed by atoms with E-state index in [1.165, 1.54) is 0 Å². The highest BCUT2D eigenvalue weighted by molar-refractivity contribution is 4.73. The summed E-state index contributed by atoms with van der Waals surface area (Å²) < 4.78 is 36.6. The monoisotopic (exact) mass is 252 g/mol. The zero-order valence-corrected chi connectivity index (χ0v) is 10.5. The quantitative estimate of drug-likeness (QED) is 0.782. The fraction of sp³-hybridized carbons (Fsp3) is 1.00. The van der Waals surface area contributed by atoms with Crippen molar-refractivity contribution in [3.63, 3.8) is 0 Å². The molecule has 0 amide bonds. The van der Waals surface area contributed by atoms with Gasteiger partial charge in [0, 0.05) is 13.1 Å². The summed E-state index contributed by atoms with van der Waals surface area (Å²) in [6.45, 7) is 5.73. The first-order chi connectivity index (χ1) is 8.01. The van der Waals surface area contributed by atoms with Crippen LogP contribution in [0.15, 0.2) is 0 Å². The molecule has 0 bridgehead atoms. The number of hydrogen-bond acceptors (Lipinski definition) is 2. The Morgan fingerprint density at radius 2 is 2.06 bits per heavy atom. The molecule has 1 aliphatic heterocycles. The molecule has 1 N–H and O–H groups in total. The molecule has 0 aromatic heterocycles. The van der Waals surface area contributed by atoms with E-state index in [0.717, 1.165) is 45.4 Å². The van der Waals surface area contributed by atoms with Crippen LogP contribution in [0.25, 0.3) is 0 Å². The number of hydrogen-bond donors (Lipinski definition) is 1. The Morgan fingerprint density at radius 3 is 2.59 bits per heavy atom. The van der Waals surface area contributed by atoms with Crippen LogP contribution < -0.4 is 5.32 Å². The Morgan fingerprint density at radius 1 is 1.29 bits per heavy atom. The van der Waals surface area contributed by atoms with Crippen LogP contribution >= 0.6 is 0 Å². The van der Waals surface area contributed by atoms with Crippen molar-refractivity contribution in [3.05, 3.63) is 0 Å². The van der Waals surface area contributed by atoms with Crippen LogP contribution in [-0.4, -0.2) is 43.8 Å². The van der Waals surface area contributed by atoms with Crippen LogP contribution in [0, 0.1) is 5.92 Å². The average molecular weight is 252 g/mol. The zero-order valence-electron chi connectivity index (χ0n) is 10.5. The van der Waals surface area contributed by atoms with E-state index in [9.17, 15) is 13.2 Å². The molecule has 1 heterocycles. The van der Waals surface area contributed by atoms with Crippen LogP contribution in [-0.2, 0) is 0 Å². The van der Waals surface area contributed by atoms with Gasteiger partial charge in [0.15, 0.2) is 0 Å². The minimum Gasteiger partial charge on any atom is -0.316 e. The molecule has 102 valence electrons. The van der Waals surface area contributed by atoms with Crippen LogP contribution in [0.5, 0.6) is 0 Å². The molecule has 1 aliphatic rings. The molecular weight excluding hydrogens is 229 g/mol. The third kappa shape index (κ3) is 6.88. The molecule has 0 aromatic carbocycles. The van der Waals surface area contributed by atoms with Crippen molar-refractivity contribution < 1.29 is 13.2 Å². The number of piperidine rings is 1. The van der Waals surface area contributed by atoms with Gasteiger partial charge in [-0.2, -0.15) is 13.2 Å². The molecule has 1 atom stereocenters. The van der Waals surface area contributed by atoms with E-state index in [1.54, 1.807) is 0 Å². The zero-order chi connectivity index (χ0) is 12.7. The normalized spacial score (nSPS) is 22.1. The van der Waals surface area contributed by atoms with Gasteiger partial charge in [-0.25, -0.2) is 0 Å². The molecule has 0 spiro atoms. The van der Waals surface area contributed by atoms with E-state index in [1.807, 2.05) is 11.8 Å². The molecule has 1 rings (SSSR count). The largest absolute Gasteiger partial charge is 0.390 e. The van der Waals surface area contributed by atoms with Gasteiger partial charge < -0.3 is 10.2 Å². The van der Waals surface area contributed by atoms with E-state index in [-0.39, 0.29) is 6.54 Å². The number of alkyl halides is 3. The molecule has 0 aromatic rings. The molecule has 1 unspecified atom stereocenters. The van der Waals surface area contributed by atoms with Crippen LogP contribution in [0.4, 0.5) is 13.2 Å². The Balaban J connectivity index is 2.31. The van der Waals surface area contributed by atoms with Crippen molar-refractivity contribution in [2.75, 3.05) is 32.7 Å². The van der Waals surface area contributed by atoms with Crippen molar-refractivity contribution in [2.45, 2.75) is 38.8 Å². The fourth-order valence-electron chi connectivity index (χ4n) is 2.34. The molecule has 17 heavy (non-hydrogen) atoms. The summed E-state index contributed by atoms with van der Waals surface area (Å²) in [5.41, 5.74) is 0. The molecule has 0 radical (unpaired) electrons. The SMILES string of the molecule is CCCN(CCC(F)(F)F)CC1CCCNC1. The summed E-state index contributed by atoms with van der Waals surface area (Å²) >= 11 is 0. The van der Waals surface area contributed by atoms with Crippen molar-refractivity contribution >= 4 is 0 Å². The Labute approximate surface area is 102 Å². The predicted octanol–water partition coefficient (Wildman–Crippen LogP) is 2.65. The fourth-order valence-corrected chi connectivity index (χ4v) is 2.34. The smallest absolute Gasteiger partial charge is 0.316 e. The van der Waals surface area contributed by atoms with Gasteiger partial charge in [0.2, 0.25) is 0 Å². The van der Waals surface area contributed by atoms with Crippen LogP contribution in [0.1, 0.15) is 32.6 Å². The lowest BCUT2D eigenvalue weighted by Gasteiger charge is -2.30. The summed E-state index contributed by atoms with van der Waals surface area (Å²) in [5.74, 6) is 0.517. The van der Waals surface area contributed by atoms with Gasteiger partial charge >= 0.3 is 6.18 Å². The highest BCUT2D eigenvalue weighted by Crippen LogP contribution is 2.20. The summed E-state index contributed by atoms with van der Waals surface area (Å²) in [6.07, 6.45) is -1.52. The summed E-state index contributed by atoms with van der Waals surface area (Å²) in [4.78, 5) is 1.96. The first-order valence-electron chi connectivity index (χ1n) is 6.51. The molecule has 0 aliphatic carbocycles. The highest BCUT2D eigenvalue weighted by Gasteiger charge is 2.28. The van der Waals surface area contributed by atoms with Crippen LogP contribution in [0.2, 0.25) is 0 Å². The van der Waals surface area contributed by atoms with E-state index >= 15 is 0 Å². The number of halogens is 3. The van der Waals surface area contributed by atoms with E-state index in [4.69, 9.17) is 0 Å².